The van der Waals surface area contributed by atoms with Crippen LogP contribution in [0.15, 0.2) is 30.3 Å². The van der Waals surface area contributed by atoms with Gasteiger partial charge >= 0.3 is 6.09 Å². The average molecular weight is 421 g/mol. The third-order valence-corrected chi connectivity index (χ3v) is 5.60. The Bertz CT molecular complexity index is 715. The molecule has 0 radical (unpaired) electrons. The van der Waals surface area contributed by atoms with Crippen LogP contribution in [0.5, 0.6) is 0 Å². The number of nitrogens with zero attached hydrogens (tertiary/aromatic N) is 2. The Hall–Kier alpha value is -2.02. The first kappa shape index (κ1) is 23.3. The van der Waals surface area contributed by atoms with E-state index in [-0.39, 0.29) is 23.6 Å². The Balaban J connectivity index is 1.98. The van der Waals surface area contributed by atoms with Gasteiger partial charge in [-0.2, -0.15) is 0 Å². The molecule has 7 heteroatoms. The fourth-order valence-corrected chi connectivity index (χ4v) is 4.10. The number of amides is 2. The molecule has 160 valence electrons. The Kier molecular flexibility index (Phi) is 8.14. The van der Waals surface area contributed by atoms with Gasteiger partial charge in [-0.1, -0.05) is 42.1 Å². The standard InChI is InChI=1S/C22H32N2O4S/c1-16(2)24(21(27)29-15-17-10-7-6-8-11-17)14-19(25)18-12-9-13-23(18)20(26)28-22(3,4)5/h6-8,10-11,16,18H,9,12-15H2,1-5H3/t18-/m0/s1. The molecule has 0 unspecified atom stereocenters. The minimum absolute atomic E-state index is 0.00224. The second kappa shape index (κ2) is 10.1. The van der Waals surface area contributed by atoms with E-state index in [0.717, 1.165) is 12.0 Å². The topological polar surface area (TPSA) is 66.9 Å². The smallest absolute Gasteiger partial charge is 0.410 e. The van der Waals surface area contributed by atoms with Gasteiger partial charge in [-0.3, -0.25) is 14.5 Å². The number of Topliss-reactive ketones (excluding diaryl/α,β-unsaturated/α-hetero) is 1. The van der Waals surface area contributed by atoms with Crippen LogP contribution in [-0.2, 0) is 15.3 Å². The van der Waals surface area contributed by atoms with E-state index < -0.39 is 17.7 Å². The number of hydrogen-bond donors (Lipinski definition) is 0. The molecule has 1 saturated heterocycles. The van der Waals surface area contributed by atoms with Crippen molar-refractivity contribution in [3.8, 4) is 0 Å². The minimum Gasteiger partial charge on any atom is -0.444 e. The first-order valence-electron chi connectivity index (χ1n) is 10.1. The van der Waals surface area contributed by atoms with E-state index in [4.69, 9.17) is 4.74 Å². The summed E-state index contributed by atoms with van der Waals surface area (Å²) in [6.45, 7) is 9.72. The van der Waals surface area contributed by atoms with Gasteiger partial charge in [0.2, 0.25) is 0 Å². The zero-order valence-corrected chi connectivity index (χ0v) is 18.8. The van der Waals surface area contributed by atoms with Crippen molar-refractivity contribution < 1.29 is 19.1 Å². The molecule has 1 aromatic carbocycles. The maximum absolute atomic E-state index is 13.0. The van der Waals surface area contributed by atoms with Crippen LogP contribution in [0.25, 0.3) is 0 Å². The Morgan fingerprint density at radius 3 is 2.45 bits per heavy atom. The third kappa shape index (κ3) is 7.07. The number of rotatable bonds is 6. The first-order valence-corrected chi connectivity index (χ1v) is 11.1. The summed E-state index contributed by atoms with van der Waals surface area (Å²) in [6.07, 6.45) is 0.901. The summed E-state index contributed by atoms with van der Waals surface area (Å²) in [7, 11) is 0. The SMILES string of the molecule is CC(C)N(CC(=O)[C@@H]1CCCN1C(=O)OC(C)(C)C)C(=O)SCc1ccccc1. The molecule has 0 aliphatic carbocycles. The van der Waals surface area contributed by atoms with E-state index in [2.05, 4.69) is 0 Å². The van der Waals surface area contributed by atoms with E-state index in [0.29, 0.717) is 18.7 Å². The van der Waals surface area contributed by atoms with Gasteiger partial charge in [0.05, 0.1) is 12.6 Å². The third-order valence-electron chi connectivity index (χ3n) is 4.64. The molecule has 0 saturated carbocycles. The molecule has 0 spiro atoms. The molecule has 1 aliphatic heterocycles. The van der Waals surface area contributed by atoms with Crippen LogP contribution in [0.1, 0.15) is 53.0 Å². The van der Waals surface area contributed by atoms with Crippen molar-refractivity contribution in [2.75, 3.05) is 13.1 Å². The summed E-state index contributed by atoms with van der Waals surface area (Å²) in [5.74, 6) is 0.445. The van der Waals surface area contributed by atoms with Gasteiger partial charge in [-0.05, 0) is 53.0 Å². The van der Waals surface area contributed by atoms with Crippen LogP contribution in [0, 0.1) is 0 Å². The molecule has 1 atom stereocenters. The lowest BCUT2D eigenvalue weighted by molar-refractivity contribution is -0.124. The molecule has 1 heterocycles. The van der Waals surface area contributed by atoms with Crippen molar-refractivity contribution in [1.82, 2.24) is 9.80 Å². The van der Waals surface area contributed by atoms with E-state index in [1.165, 1.54) is 16.7 Å². The van der Waals surface area contributed by atoms with Crippen molar-refractivity contribution in [1.29, 1.82) is 0 Å². The second-order valence-corrected chi connectivity index (χ2v) is 9.49. The fraction of sp³-hybridized carbons (Fsp3) is 0.591. The van der Waals surface area contributed by atoms with Gasteiger partial charge in [-0.15, -0.1) is 0 Å². The highest BCUT2D eigenvalue weighted by Crippen LogP contribution is 2.23. The summed E-state index contributed by atoms with van der Waals surface area (Å²) in [6, 6.07) is 9.13. The van der Waals surface area contributed by atoms with Crippen LogP contribution in [0.2, 0.25) is 0 Å². The molecular weight excluding hydrogens is 388 g/mol. The summed E-state index contributed by atoms with van der Waals surface area (Å²) < 4.78 is 5.44. The van der Waals surface area contributed by atoms with Crippen LogP contribution in [0.4, 0.5) is 9.59 Å². The lowest BCUT2D eigenvalue weighted by atomic mass is 10.1. The molecular formula is C22H32N2O4S. The maximum atomic E-state index is 13.0. The molecule has 0 bridgehead atoms. The number of hydrogen-bond acceptors (Lipinski definition) is 5. The van der Waals surface area contributed by atoms with Crippen LogP contribution in [0.3, 0.4) is 0 Å². The van der Waals surface area contributed by atoms with E-state index in [1.807, 2.05) is 44.2 Å². The quantitative estimate of drug-likeness (QED) is 0.666. The monoisotopic (exact) mass is 420 g/mol. The van der Waals surface area contributed by atoms with Gasteiger partial charge in [0, 0.05) is 18.3 Å². The molecule has 0 aromatic heterocycles. The van der Waals surface area contributed by atoms with Crippen molar-refractivity contribution in [2.45, 2.75) is 70.9 Å². The predicted molar refractivity (Wildman–Crippen MR) is 116 cm³/mol. The number of ketones is 1. The van der Waals surface area contributed by atoms with Gasteiger partial charge in [-0.25, -0.2) is 4.79 Å². The molecule has 1 fully saturated rings. The summed E-state index contributed by atoms with van der Waals surface area (Å²) in [4.78, 5) is 41.3. The molecule has 2 amide bonds. The normalized spacial score (nSPS) is 16.8. The summed E-state index contributed by atoms with van der Waals surface area (Å²) >= 11 is 1.20. The van der Waals surface area contributed by atoms with E-state index >= 15 is 0 Å². The van der Waals surface area contributed by atoms with Gasteiger partial charge < -0.3 is 9.64 Å². The van der Waals surface area contributed by atoms with Crippen LogP contribution in [-0.4, -0.2) is 57.7 Å². The van der Waals surface area contributed by atoms with Crippen molar-refractivity contribution >= 4 is 28.9 Å². The lowest BCUT2D eigenvalue weighted by Gasteiger charge is -2.30. The van der Waals surface area contributed by atoms with E-state index in [9.17, 15) is 14.4 Å². The highest BCUT2D eigenvalue weighted by Gasteiger charge is 2.37. The average Bonchev–Trinajstić information content (AvgIpc) is 3.13. The van der Waals surface area contributed by atoms with Gasteiger partial charge in [0.25, 0.3) is 5.24 Å². The maximum Gasteiger partial charge on any atom is 0.410 e. The molecule has 2 rings (SSSR count). The summed E-state index contributed by atoms with van der Waals surface area (Å²) in [5.41, 5.74) is 0.453. The number of carbonyl (C=O) groups is 3. The lowest BCUT2D eigenvalue weighted by Crippen LogP contribution is -2.48. The Morgan fingerprint density at radius 1 is 1.21 bits per heavy atom. The van der Waals surface area contributed by atoms with Crippen LogP contribution >= 0.6 is 11.8 Å². The van der Waals surface area contributed by atoms with Crippen molar-refractivity contribution in [3.05, 3.63) is 35.9 Å². The summed E-state index contributed by atoms with van der Waals surface area (Å²) in [5, 5.41) is -0.126. The number of thioether (sulfide) groups is 1. The molecule has 0 N–H and O–H groups in total. The number of carbonyl (C=O) groups excluding carboxylic acids is 3. The second-order valence-electron chi connectivity index (χ2n) is 8.56. The Labute approximate surface area is 178 Å². The molecule has 29 heavy (non-hydrogen) atoms. The first-order chi connectivity index (χ1) is 13.6. The highest BCUT2D eigenvalue weighted by atomic mass is 32.2. The predicted octanol–water partition coefficient (Wildman–Crippen LogP) is 4.72. The Morgan fingerprint density at radius 2 is 1.86 bits per heavy atom. The van der Waals surface area contributed by atoms with Gasteiger partial charge in [0.15, 0.2) is 5.78 Å². The minimum atomic E-state index is -0.610. The fourth-order valence-electron chi connectivity index (χ4n) is 3.17. The zero-order chi connectivity index (χ0) is 21.6. The highest BCUT2D eigenvalue weighted by molar-refractivity contribution is 8.12. The largest absolute Gasteiger partial charge is 0.444 e. The van der Waals surface area contributed by atoms with Crippen molar-refractivity contribution in [2.24, 2.45) is 0 Å². The molecule has 6 nitrogen and oxygen atoms in total. The van der Waals surface area contributed by atoms with Crippen molar-refractivity contribution in [3.63, 3.8) is 0 Å². The number of likely N-dealkylation sites (tertiary alicyclic amines) is 1. The van der Waals surface area contributed by atoms with Gasteiger partial charge in [0.1, 0.15) is 5.60 Å². The number of ether oxygens (including phenoxy) is 1. The zero-order valence-electron chi connectivity index (χ0n) is 18.0. The molecule has 1 aliphatic rings. The molecule has 1 aromatic rings. The number of benzene rings is 1. The van der Waals surface area contributed by atoms with E-state index in [1.54, 1.807) is 25.7 Å². The van der Waals surface area contributed by atoms with Crippen LogP contribution < -0.4 is 0 Å².